The summed E-state index contributed by atoms with van der Waals surface area (Å²) in [5.74, 6) is 0.0589. The van der Waals surface area contributed by atoms with E-state index in [1.54, 1.807) is 6.20 Å². The lowest BCUT2D eigenvalue weighted by molar-refractivity contribution is 0.0434. The van der Waals surface area contributed by atoms with Crippen molar-refractivity contribution in [2.45, 2.75) is 32.0 Å². The summed E-state index contributed by atoms with van der Waals surface area (Å²) in [5.41, 5.74) is 1.44. The number of hydrogen-bond donors (Lipinski definition) is 0. The first kappa shape index (κ1) is 11.4. The van der Waals surface area contributed by atoms with E-state index in [0.717, 1.165) is 23.7 Å². The molecule has 1 aliphatic rings. The Balaban J connectivity index is 2.01. The Bertz CT molecular complexity index is 589. The van der Waals surface area contributed by atoms with Crippen LogP contribution in [0.5, 0.6) is 0 Å². The maximum absolute atomic E-state index is 12.4. The Morgan fingerprint density at radius 3 is 2.89 bits per heavy atom. The summed E-state index contributed by atoms with van der Waals surface area (Å²) in [6.07, 6.45) is 3.37. The molecule has 3 rings (SSSR count). The summed E-state index contributed by atoms with van der Waals surface area (Å²) in [6, 6.07) is 9.55. The fourth-order valence-electron chi connectivity index (χ4n) is 2.47. The number of benzene rings is 1. The molecule has 3 nitrogen and oxygen atoms in total. The minimum atomic E-state index is -0.299. The number of hydrogen-bond acceptors (Lipinski definition) is 3. The third kappa shape index (κ3) is 1.91. The Morgan fingerprint density at radius 1 is 1.28 bits per heavy atom. The molecule has 92 valence electrons. The Kier molecular flexibility index (Phi) is 2.84. The van der Waals surface area contributed by atoms with Crippen molar-refractivity contribution in [1.29, 1.82) is 0 Å². The lowest BCUT2D eigenvalue weighted by atomic mass is 10.0. The van der Waals surface area contributed by atoms with E-state index in [2.05, 4.69) is 4.98 Å². The molecule has 2 aromatic rings. The van der Waals surface area contributed by atoms with Gasteiger partial charge in [-0.25, -0.2) is 0 Å². The number of para-hydroxylation sites is 1. The topological polar surface area (TPSA) is 39.2 Å². The number of fused-ring (bicyclic) bond motifs is 1. The lowest BCUT2D eigenvalue weighted by Gasteiger charge is -2.11. The van der Waals surface area contributed by atoms with Crippen LogP contribution < -0.4 is 0 Å². The van der Waals surface area contributed by atoms with Gasteiger partial charge in [-0.15, -0.1) is 0 Å². The molecule has 0 N–H and O–H groups in total. The van der Waals surface area contributed by atoms with Crippen LogP contribution in [0.15, 0.2) is 36.5 Å². The molecule has 1 fully saturated rings. The van der Waals surface area contributed by atoms with E-state index in [4.69, 9.17) is 4.74 Å². The van der Waals surface area contributed by atoms with E-state index in [1.807, 2.05) is 37.3 Å². The molecule has 0 spiro atoms. The van der Waals surface area contributed by atoms with Crippen molar-refractivity contribution in [2.75, 3.05) is 0 Å². The number of pyridine rings is 1. The van der Waals surface area contributed by atoms with Gasteiger partial charge in [0.05, 0.1) is 11.6 Å². The summed E-state index contributed by atoms with van der Waals surface area (Å²) in [7, 11) is 0. The molecular weight excluding hydrogens is 226 g/mol. The van der Waals surface area contributed by atoms with Crippen molar-refractivity contribution in [3.8, 4) is 0 Å². The number of rotatable bonds is 2. The van der Waals surface area contributed by atoms with E-state index in [0.29, 0.717) is 5.56 Å². The van der Waals surface area contributed by atoms with Crippen LogP contribution in [0, 0.1) is 0 Å². The van der Waals surface area contributed by atoms with Crippen molar-refractivity contribution in [2.24, 2.45) is 0 Å². The third-order valence-electron chi connectivity index (χ3n) is 3.42. The van der Waals surface area contributed by atoms with Crippen LogP contribution in [0.1, 0.15) is 30.1 Å². The van der Waals surface area contributed by atoms with Crippen molar-refractivity contribution in [1.82, 2.24) is 4.98 Å². The molecule has 0 saturated carbocycles. The summed E-state index contributed by atoms with van der Waals surface area (Å²) in [6.45, 7) is 2.01. The number of ether oxygens (including phenoxy) is 1. The van der Waals surface area contributed by atoms with Crippen LogP contribution >= 0.6 is 0 Å². The molecular formula is C15H15NO2. The Labute approximate surface area is 106 Å². The first-order valence-electron chi connectivity index (χ1n) is 6.29. The molecule has 1 aliphatic heterocycles. The Morgan fingerprint density at radius 2 is 2.11 bits per heavy atom. The number of Topliss-reactive ketones (excluding diaryl/α,β-unsaturated/α-hetero) is 1. The molecule has 1 aromatic heterocycles. The van der Waals surface area contributed by atoms with Gasteiger partial charge in [0.25, 0.3) is 0 Å². The molecule has 0 bridgehead atoms. The van der Waals surface area contributed by atoms with Gasteiger partial charge >= 0.3 is 0 Å². The number of aromatic nitrogens is 1. The van der Waals surface area contributed by atoms with Crippen molar-refractivity contribution in [3.63, 3.8) is 0 Å². The molecule has 0 amide bonds. The highest BCUT2D eigenvalue weighted by Gasteiger charge is 2.29. The second-order valence-corrected chi connectivity index (χ2v) is 4.76. The second kappa shape index (κ2) is 4.50. The van der Waals surface area contributed by atoms with Crippen LogP contribution in [0.4, 0.5) is 0 Å². The molecule has 2 atom stereocenters. The van der Waals surface area contributed by atoms with Gasteiger partial charge in [0.2, 0.25) is 0 Å². The van der Waals surface area contributed by atoms with Crippen LogP contribution in [0.3, 0.4) is 0 Å². The molecule has 0 radical (unpaired) electrons. The third-order valence-corrected chi connectivity index (χ3v) is 3.42. The Hall–Kier alpha value is -1.74. The zero-order valence-electron chi connectivity index (χ0n) is 10.3. The van der Waals surface area contributed by atoms with Crippen molar-refractivity contribution < 1.29 is 9.53 Å². The smallest absolute Gasteiger partial charge is 0.193 e. The summed E-state index contributed by atoms with van der Waals surface area (Å²) < 4.78 is 5.65. The van der Waals surface area contributed by atoms with Crippen LogP contribution in [0.25, 0.3) is 10.9 Å². The van der Waals surface area contributed by atoms with Gasteiger partial charge in [-0.2, -0.15) is 0 Å². The van der Waals surface area contributed by atoms with E-state index < -0.39 is 0 Å². The number of ketones is 1. The van der Waals surface area contributed by atoms with Gasteiger partial charge in [0, 0.05) is 17.1 Å². The van der Waals surface area contributed by atoms with Crippen molar-refractivity contribution in [3.05, 3.63) is 42.1 Å². The minimum absolute atomic E-state index is 0.0589. The fraction of sp³-hybridized carbons (Fsp3) is 0.333. The fourth-order valence-corrected chi connectivity index (χ4v) is 2.47. The number of nitrogens with zero attached hydrogens (tertiary/aromatic N) is 1. The predicted octanol–water partition coefficient (Wildman–Crippen LogP) is 2.99. The molecule has 18 heavy (non-hydrogen) atoms. The van der Waals surface area contributed by atoms with Crippen LogP contribution in [-0.2, 0) is 4.74 Å². The van der Waals surface area contributed by atoms with Gasteiger partial charge in [-0.3, -0.25) is 9.78 Å². The monoisotopic (exact) mass is 241 g/mol. The first-order chi connectivity index (χ1) is 8.75. The average Bonchev–Trinajstić information content (AvgIpc) is 2.84. The van der Waals surface area contributed by atoms with E-state index in [-0.39, 0.29) is 18.0 Å². The van der Waals surface area contributed by atoms with E-state index >= 15 is 0 Å². The highest BCUT2D eigenvalue weighted by molar-refractivity contribution is 6.08. The highest BCUT2D eigenvalue weighted by atomic mass is 16.5. The van der Waals surface area contributed by atoms with Crippen LogP contribution in [-0.4, -0.2) is 23.0 Å². The molecule has 2 unspecified atom stereocenters. The highest BCUT2D eigenvalue weighted by Crippen LogP contribution is 2.25. The minimum Gasteiger partial charge on any atom is -0.367 e. The SMILES string of the molecule is CC1CCC(C(=O)c2cccc3cccnc23)O1. The van der Waals surface area contributed by atoms with Gasteiger partial charge in [0.1, 0.15) is 6.10 Å². The van der Waals surface area contributed by atoms with Gasteiger partial charge in [0.15, 0.2) is 5.78 Å². The second-order valence-electron chi connectivity index (χ2n) is 4.76. The number of carbonyl (C=O) groups excluding carboxylic acids is 1. The maximum atomic E-state index is 12.4. The predicted molar refractivity (Wildman–Crippen MR) is 69.6 cm³/mol. The standard InChI is InChI=1S/C15H15NO2/c1-10-7-8-13(18-10)15(17)12-6-2-4-11-5-3-9-16-14(11)12/h2-6,9-10,13H,7-8H2,1H3. The first-order valence-corrected chi connectivity index (χ1v) is 6.29. The average molecular weight is 241 g/mol. The molecule has 2 heterocycles. The van der Waals surface area contributed by atoms with E-state index in [1.165, 1.54) is 0 Å². The normalized spacial score (nSPS) is 23.4. The zero-order valence-corrected chi connectivity index (χ0v) is 10.3. The largest absolute Gasteiger partial charge is 0.367 e. The summed E-state index contributed by atoms with van der Waals surface area (Å²) in [5, 5.41) is 0.995. The molecule has 3 heteroatoms. The zero-order chi connectivity index (χ0) is 12.5. The molecule has 1 saturated heterocycles. The molecule has 1 aromatic carbocycles. The van der Waals surface area contributed by atoms with Crippen molar-refractivity contribution >= 4 is 16.7 Å². The van der Waals surface area contributed by atoms with Gasteiger partial charge in [-0.05, 0) is 31.9 Å². The van der Waals surface area contributed by atoms with Crippen LogP contribution in [0.2, 0.25) is 0 Å². The summed E-state index contributed by atoms with van der Waals surface area (Å²) in [4.78, 5) is 16.8. The van der Waals surface area contributed by atoms with Gasteiger partial charge < -0.3 is 4.74 Å². The van der Waals surface area contributed by atoms with E-state index in [9.17, 15) is 4.79 Å². The molecule has 0 aliphatic carbocycles. The van der Waals surface area contributed by atoms with Gasteiger partial charge in [-0.1, -0.05) is 18.2 Å². The maximum Gasteiger partial charge on any atom is 0.193 e. The number of carbonyl (C=O) groups is 1. The quantitative estimate of drug-likeness (QED) is 0.759. The lowest BCUT2D eigenvalue weighted by Crippen LogP contribution is -2.21. The summed E-state index contributed by atoms with van der Waals surface area (Å²) >= 11 is 0.